The van der Waals surface area contributed by atoms with Crippen LogP contribution in [-0.2, 0) is 6.42 Å². The van der Waals surface area contributed by atoms with Gasteiger partial charge in [0.15, 0.2) is 0 Å². The molecule has 0 spiro atoms. The molecule has 0 atom stereocenters. The van der Waals surface area contributed by atoms with Gasteiger partial charge in [0.2, 0.25) is 0 Å². The molecule has 0 aliphatic carbocycles. The lowest BCUT2D eigenvalue weighted by atomic mass is 10.00. The highest BCUT2D eigenvalue weighted by Crippen LogP contribution is 2.31. The van der Waals surface area contributed by atoms with Gasteiger partial charge in [0.1, 0.15) is 11.6 Å². The molecular weight excluding hydrogens is 232 g/mol. The first-order valence-corrected chi connectivity index (χ1v) is 5.98. The molecule has 0 fully saturated rings. The van der Waals surface area contributed by atoms with E-state index in [4.69, 9.17) is 0 Å². The van der Waals surface area contributed by atoms with Crippen LogP contribution in [0.25, 0.3) is 11.1 Å². The number of aryl methyl sites for hydroxylation is 1. The van der Waals surface area contributed by atoms with Crippen LogP contribution in [0.1, 0.15) is 11.1 Å². The minimum absolute atomic E-state index is 0.327. The minimum atomic E-state index is -0.375. The van der Waals surface area contributed by atoms with Gasteiger partial charge in [-0.25, -0.2) is 8.78 Å². The number of halogens is 2. The van der Waals surface area contributed by atoms with Crippen molar-refractivity contribution in [2.45, 2.75) is 13.3 Å². The van der Waals surface area contributed by atoms with Crippen molar-refractivity contribution in [2.75, 3.05) is 11.9 Å². The van der Waals surface area contributed by atoms with E-state index in [2.05, 4.69) is 5.32 Å². The first-order valence-electron chi connectivity index (χ1n) is 5.98. The number of hydrogen-bond donors (Lipinski definition) is 1. The van der Waals surface area contributed by atoms with E-state index >= 15 is 0 Å². The summed E-state index contributed by atoms with van der Waals surface area (Å²) >= 11 is 0. The van der Waals surface area contributed by atoms with Crippen LogP contribution in [-0.4, -0.2) is 6.54 Å². The second-order valence-corrected chi connectivity index (χ2v) is 4.63. The Labute approximate surface area is 104 Å². The third-order valence-corrected chi connectivity index (χ3v) is 3.37. The van der Waals surface area contributed by atoms with Crippen LogP contribution in [0.4, 0.5) is 14.5 Å². The molecular formula is C15H13F2N. The van der Waals surface area contributed by atoms with E-state index in [0.717, 1.165) is 29.8 Å². The Balaban J connectivity index is 2.12. The first-order chi connectivity index (χ1) is 8.65. The predicted octanol–water partition coefficient (Wildman–Crippen LogP) is 3.91. The Morgan fingerprint density at radius 2 is 1.89 bits per heavy atom. The standard InChI is InChI=1S/C15H13F2N/c1-9-6-14(17)12(8-13(9)16)10-2-3-15-11(7-10)4-5-18-15/h2-3,6-8,18H,4-5H2,1H3. The second kappa shape index (κ2) is 4.09. The molecule has 92 valence electrons. The largest absolute Gasteiger partial charge is 0.384 e. The monoisotopic (exact) mass is 245 g/mol. The topological polar surface area (TPSA) is 12.0 Å². The summed E-state index contributed by atoms with van der Waals surface area (Å²) in [4.78, 5) is 0. The smallest absolute Gasteiger partial charge is 0.131 e. The fraction of sp³-hybridized carbons (Fsp3) is 0.200. The van der Waals surface area contributed by atoms with E-state index in [1.54, 1.807) is 6.92 Å². The number of nitrogens with one attached hydrogen (secondary N) is 1. The molecule has 18 heavy (non-hydrogen) atoms. The fourth-order valence-electron chi connectivity index (χ4n) is 2.34. The SMILES string of the molecule is Cc1cc(F)c(-c2ccc3c(c2)CCN3)cc1F. The molecule has 0 aromatic heterocycles. The zero-order chi connectivity index (χ0) is 12.7. The molecule has 1 aliphatic heterocycles. The van der Waals surface area contributed by atoms with E-state index < -0.39 is 0 Å². The molecule has 0 saturated heterocycles. The highest BCUT2D eigenvalue weighted by Gasteiger charge is 2.14. The van der Waals surface area contributed by atoms with Crippen molar-refractivity contribution >= 4 is 5.69 Å². The van der Waals surface area contributed by atoms with Crippen molar-refractivity contribution in [3.63, 3.8) is 0 Å². The number of fused-ring (bicyclic) bond motifs is 1. The summed E-state index contributed by atoms with van der Waals surface area (Å²) in [6.45, 7) is 2.47. The molecule has 3 heteroatoms. The third-order valence-electron chi connectivity index (χ3n) is 3.37. The molecule has 0 amide bonds. The van der Waals surface area contributed by atoms with Crippen molar-refractivity contribution < 1.29 is 8.78 Å². The van der Waals surface area contributed by atoms with E-state index in [9.17, 15) is 8.78 Å². The predicted molar refractivity (Wildman–Crippen MR) is 68.7 cm³/mol. The van der Waals surface area contributed by atoms with E-state index in [1.165, 1.54) is 12.1 Å². The number of hydrogen-bond acceptors (Lipinski definition) is 1. The summed E-state index contributed by atoms with van der Waals surface area (Å²) in [5.74, 6) is -0.746. The normalized spacial score (nSPS) is 13.3. The summed E-state index contributed by atoms with van der Waals surface area (Å²) in [7, 11) is 0. The summed E-state index contributed by atoms with van der Waals surface area (Å²) < 4.78 is 27.4. The minimum Gasteiger partial charge on any atom is -0.384 e. The Morgan fingerprint density at radius 1 is 1.06 bits per heavy atom. The molecule has 1 N–H and O–H groups in total. The summed E-state index contributed by atoms with van der Waals surface area (Å²) in [5, 5.41) is 3.25. The lowest BCUT2D eigenvalue weighted by Gasteiger charge is -2.08. The highest BCUT2D eigenvalue weighted by atomic mass is 19.1. The van der Waals surface area contributed by atoms with Gasteiger partial charge in [-0.2, -0.15) is 0 Å². The van der Waals surface area contributed by atoms with Gasteiger partial charge < -0.3 is 5.32 Å². The van der Waals surface area contributed by atoms with E-state index in [1.807, 2.05) is 18.2 Å². The van der Waals surface area contributed by atoms with Gasteiger partial charge in [0.05, 0.1) is 0 Å². The summed E-state index contributed by atoms with van der Waals surface area (Å²) in [5.41, 5.74) is 3.64. The molecule has 0 bridgehead atoms. The lowest BCUT2D eigenvalue weighted by molar-refractivity contribution is 0.595. The quantitative estimate of drug-likeness (QED) is 0.803. The van der Waals surface area contributed by atoms with Crippen LogP contribution >= 0.6 is 0 Å². The van der Waals surface area contributed by atoms with Gasteiger partial charge in [-0.3, -0.25) is 0 Å². The number of anilines is 1. The Bertz CT molecular complexity index is 620. The summed E-state index contributed by atoms with van der Waals surface area (Å²) in [6.07, 6.45) is 0.930. The molecule has 1 aliphatic rings. The zero-order valence-electron chi connectivity index (χ0n) is 10.1. The maximum Gasteiger partial charge on any atom is 0.131 e. The molecule has 0 saturated carbocycles. The van der Waals surface area contributed by atoms with Crippen molar-refractivity contribution in [1.82, 2.24) is 0 Å². The Hall–Kier alpha value is -1.90. The molecule has 2 aromatic rings. The second-order valence-electron chi connectivity index (χ2n) is 4.63. The van der Waals surface area contributed by atoms with Gasteiger partial charge in [-0.1, -0.05) is 6.07 Å². The molecule has 0 unspecified atom stereocenters. The maximum absolute atomic E-state index is 13.9. The van der Waals surface area contributed by atoms with Crippen LogP contribution < -0.4 is 5.32 Å². The lowest BCUT2D eigenvalue weighted by Crippen LogP contribution is -1.91. The van der Waals surface area contributed by atoms with E-state index in [-0.39, 0.29) is 11.6 Å². The number of benzene rings is 2. The number of rotatable bonds is 1. The van der Waals surface area contributed by atoms with Crippen LogP contribution in [0.3, 0.4) is 0 Å². The highest BCUT2D eigenvalue weighted by molar-refractivity contribution is 5.70. The van der Waals surface area contributed by atoms with E-state index in [0.29, 0.717) is 11.1 Å². The third kappa shape index (κ3) is 1.76. The van der Waals surface area contributed by atoms with Crippen molar-refractivity contribution in [3.05, 3.63) is 53.1 Å². The van der Waals surface area contributed by atoms with Crippen LogP contribution in [0, 0.1) is 18.6 Å². The maximum atomic E-state index is 13.9. The van der Waals surface area contributed by atoms with Gasteiger partial charge in [-0.15, -0.1) is 0 Å². The van der Waals surface area contributed by atoms with Gasteiger partial charge in [-0.05, 0) is 54.3 Å². The van der Waals surface area contributed by atoms with Gasteiger partial charge >= 0.3 is 0 Å². The molecule has 1 nitrogen and oxygen atoms in total. The fourth-order valence-corrected chi connectivity index (χ4v) is 2.34. The van der Waals surface area contributed by atoms with Gasteiger partial charge in [0.25, 0.3) is 0 Å². The van der Waals surface area contributed by atoms with Crippen molar-refractivity contribution in [2.24, 2.45) is 0 Å². The van der Waals surface area contributed by atoms with Crippen LogP contribution in [0.5, 0.6) is 0 Å². The summed E-state index contributed by atoms with van der Waals surface area (Å²) in [6, 6.07) is 8.20. The molecule has 1 heterocycles. The van der Waals surface area contributed by atoms with Gasteiger partial charge in [0, 0.05) is 17.8 Å². The molecule has 3 rings (SSSR count). The molecule has 2 aromatic carbocycles. The van der Waals surface area contributed by atoms with Crippen LogP contribution in [0.2, 0.25) is 0 Å². The average molecular weight is 245 g/mol. The average Bonchev–Trinajstić information content (AvgIpc) is 2.80. The van der Waals surface area contributed by atoms with Crippen molar-refractivity contribution in [1.29, 1.82) is 0 Å². The Morgan fingerprint density at radius 3 is 2.72 bits per heavy atom. The zero-order valence-corrected chi connectivity index (χ0v) is 10.1. The Kier molecular flexibility index (Phi) is 2.54. The first kappa shape index (κ1) is 11.2. The van der Waals surface area contributed by atoms with Crippen LogP contribution in [0.15, 0.2) is 30.3 Å². The van der Waals surface area contributed by atoms with Crippen molar-refractivity contribution in [3.8, 4) is 11.1 Å². The molecule has 0 radical (unpaired) electrons.